The van der Waals surface area contributed by atoms with Gasteiger partial charge in [0.1, 0.15) is 0 Å². The average Bonchev–Trinajstić information content (AvgIpc) is 2.58. The monoisotopic (exact) mass is 255 g/mol. The SMILES string of the molecule is CCC1CCCN(CCNCCCN(C)C)CC1. The second kappa shape index (κ2) is 9.76. The van der Waals surface area contributed by atoms with Crippen molar-refractivity contribution in [3.63, 3.8) is 0 Å². The highest BCUT2D eigenvalue weighted by Crippen LogP contribution is 2.19. The van der Waals surface area contributed by atoms with Gasteiger partial charge in [-0.05, 0) is 71.9 Å². The Morgan fingerprint density at radius 3 is 2.72 bits per heavy atom. The zero-order valence-electron chi connectivity index (χ0n) is 12.7. The normalized spacial score (nSPS) is 22.3. The number of nitrogens with one attached hydrogen (secondary N) is 1. The highest BCUT2D eigenvalue weighted by Gasteiger charge is 2.14. The molecule has 1 aliphatic rings. The van der Waals surface area contributed by atoms with E-state index in [4.69, 9.17) is 0 Å². The standard InChI is InChI=1S/C15H33N3/c1-4-15-7-5-12-18(13-8-15)14-10-16-9-6-11-17(2)3/h15-16H,4-14H2,1-3H3. The first-order chi connectivity index (χ1) is 8.72. The molecule has 1 saturated heterocycles. The minimum Gasteiger partial charge on any atom is -0.315 e. The molecule has 108 valence electrons. The summed E-state index contributed by atoms with van der Waals surface area (Å²) in [6.45, 7) is 9.71. The van der Waals surface area contributed by atoms with E-state index in [9.17, 15) is 0 Å². The third-order valence-corrected chi connectivity index (χ3v) is 4.08. The number of hydrogen-bond acceptors (Lipinski definition) is 3. The van der Waals surface area contributed by atoms with Gasteiger partial charge in [0.25, 0.3) is 0 Å². The summed E-state index contributed by atoms with van der Waals surface area (Å²) in [5, 5.41) is 3.57. The average molecular weight is 255 g/mol. The van der Waals surface area contributed by atoms with E-state index >= 15 is 0 Å². The van der Waals surface area contributed by atoms with Crippen LogP contribution < -0.4 is 5.32 Å². The third kappa shape index (κ3) is 7.34. The largest absolute Gasteiger partial charge is 0.315 e. The fourth-order valence-corrected chi connectivity index (χ4v) is 2.74. The highest BCUT2D eigenvalue weighted by atomic mass is 15.1. The third-order valence-electron chi connectivity index (χ3n) is 4.08. The highest BCUT2D eigenvalue weighted by molar-refractivity contribution is 4.69. The molecular formula is C15H33N3. The van der Waals surface area contributed by atoms with Crippen molar-refractivity contribution in [3.8, 4) is 0 Å². The summed E-state index contributed by atoms with van der Waals surface area (Å²) >= 11 is 0. The summed E-state index contributed by atoms with van der Waals surface area (Å²) in [5.74, 6) is 0.989. The second-order valence-corrected chi connectivity index (χ2v) is 5.95. The molecule has 0 aromatic carbocycles. The van der Waals surface area contributed by atoms with Crippen molar-refractivity contribution in [3.05, 3.63) is 0 Å². The van der Waals surface area contributed by atoms with Gasteiger partial charge >= 0.3 is 0 Å². The maximum absolute atomic E-state index is 3.57. The minimum absolute atomic E-state index is 0.989. The van der Waals surface area contributed by atoms with Crippen LogP contribution in [-0.2, 0) is 0 Å². The van der Waals surface area contributed by atoms with Crippen molar-refractivity contribution in [2.24, 2.45) is 5.92 Å². The van der Waals surface area contributed by atoms with Gasteiger partial charge in [-0.15, -0.1) is 0 Å². The molecule has 1 unspecified atom stereocenters. The number of likely N-dealkylation sites (tertiary alicyclic amines) is 1. The van der Waals surface area contributed by atoms with Gasteiger partial charge < -0.3 is 15.1 Å². The van der Waals surface area contributed by atoms with Gasteiger partial charge in [-0.3, -0.25) is 0 Å². The lowest BCUT2D eigenvalue weighted by atomic mass is 9.98. The molecule has 3 nitrogen and oxygen atoms in total. The zero-order chi connectivity index (χ0) is 13.2. The number of hydrogen-bond donors (Lipinski definition) is 1. The van der Waals surface area contributed by atoms with Crippen LogP contribution >= 0.6 is 0 Å². The Kier molecular flexibility index (Phi) is 8.64. The molecule has 0 aromatic rings. The van der Waals surface area contributed by atoms with E-state index in [0.717, 1.165) is 19.0 Å². The van der Waals surface area contributed by atoms with Gasteiger partial charge in [0, 0.05) is 13.1 Å². The van der Waals surface area contributed by atoms with Crippen molar-refractivity contribution in [1.82, 2.24) is 15.1 Å². The summed E-state index contributed by atoms with van der Waals surface area (Å²) in [7, 11) is 4.28. The summed E-state index contributed by atoms with van der Waals surface area (Å²) in [4.78, 5) is 4.90. The molecule has 0 bridgehead atoms. The van der Waals surface area contributed by atoms with Crippen molar-refractivity contribution < 1.29 is 0 Å². The van der Waals surface area contributed by atoms with Crippen LogP contribution in [0, 0.1) is 5.92 Å². The van der Waals surface area contributed by atoms with Crippen LogP contribution in [0.15, 0.2) is 0 Å². The van der Waals surface area contributed by atoms with Crippen LogP contribution in [0.5, 0.6) is 0 Å². The molecule has 3 heteroatoms. The Balaban J connectivity index is 1.98. The van der Waals surface area contributed by atoms with Crippen LogP contribution in [0.4, 0.5) is 0 Å². The van der Waals surface area contributed by atoms with Gasteiger partial charge in [0.05, 0.1) is 0 Å². The van der Waals surface area contributed by atoms with Crippen LogP contribution in [0.25, 0.3) is 0 Å². The van der Waals surface area contributed by atoms with E-state index in [-0.39, 0.29) is 0 Å². The van der Waals surface area contributed by atoms with Gasteiger partial charge in [-0.1, -0.05) is 13.3 Å². The minimum atomic E-state index is 0.989. The molecule has 0 aromatic heterocycles. The van der Waals surface area contributed by atoms with Crippen LogP contribution in [0.2, 0.25) is 0 Å². The Labute approximate surface area is 114 Å². The lowest BCUT2D eigenvalue weighted by Crippen LogP contribution is -2.33. The first kappa shape index (κ1) is 15.9. The molecule has 1 rings (SSSR count). The van der Waals surface area contributed by atoms with Gasteiger partial charge in [-0.2, -0.15) is 0 Å². The molecule has 1 atom stereocenters. The molecule has 0 spiro atoms. The van der Waals surface area contributed by atoms with Crippen LogP contribution in [-0.4, -0.2) is 63.2 Å². The molecular weight excluding hydrogens is 222 g/mol. The predicted octanol–water partition coefficient (Wildman–Crippen LogP) is 2.04. The molecule has 1 fully saturated rings. The smallest absolute Gasteiger partial charge is 0.0107 e. The molecule has 1 heterocycles. The Hall–Kier alpha value is -0.120. The van der Waals surface area contributed by atoms with Gasteiger partial charge in [0.15, 0.2) is 0 Å². The Bertz CT molecular complexity index is 194. The van der Waals surface area contributed by atoms with E-state index in [1.54, 1.807) is 0 Å². The predicted molar refractivity (Wildman–Crippen MR) is 80.1 cm³/mol. The molecule has 1 aliphatic heterocycles. The summed E-state index contributed by atoms with van der Waals surface area (Å²) in [6.07, 6.45) is 6.89. The fraction of sp³-hybridized carbons (Fsp3) is 1.00. The van der Waals surface area contributed by atoms with E-state index in [1.807, 2.05) is 0 Å². The first-order valence-corrected chi connectivity index (χ1v) is 7.80. The summed E-state index contributed by atoms with van der Waals surface area (Å²) < 4.78 is 0. The second-order valence-electron chi connectivity index (χ2n) is 5.95. The first-order valence-electron chi connectivity index (χ1n) is 7.80. The summed E-state index contributed by atoms with van der Waals surface area (Å²) in [5.41, 5.74) is 0. The Morgan fingerprint density at radius 2 is 2.00 bits per heavy atom. The van der Waals surface area contributed by atoms with E-state index in [0.29, 0.717) is 0 Å². The maximum Gasteiger partial charge on any atom is 0.0107 e. The molecule has 18 heavy (non-hydrogen) atoms. The lowest BCUT2D eigenvalue weighted by Gasteiger charge is -2.20. The van der Waals surface area contributed by atoms with E-state index in [2.05, 4.69) is 36.1 Å². The number of rotatable bonds is 8. The van der Waals surface area contributed by atoms with Gasteiger partial charge in [0.2, 0.25) is 0 Å². The molecule has 1 N–H and O–H groups in total. The van der Waals surface area contributed by atoms with Crippen molar-refractivity contribution in [2.75, 3.05) is 53.4 Å². The molecule has 0 aliphatic carbocycles. The summed E-state index contributed by atoms with van der Waals surface area (Å²) in [6, 6.07) is 0. The van der Waals surface area contributed by atoms with Gasteiger partial charge in [-0.25, -0.2) is 0 Å². The maximum atomic E-state index is 3.57. The molecule has 0 saturated carbocycles. The van der Waals surface area contributed by atoms with E-state index < -0.39 is 0 Å². The Morgan fingerprint density at radius 1 is 1.17 bits per heavy atom. The van der Waals surface area contributed by atoms with Crippen molar-refractivity contribution in [1.29, 1.82) is 0 Å². The lowest BCUT2D eigenvalue weighted by molar-refractivity contribution is 0.278. The molecule has 0 amide bonds. The molecule has 0 radical (unpaired) electrons. The zero-order valence-corrected chi connectivity index (χ0v) is 12.7. The number of nitrogens with zero attached hydrogens (tertiary/aromatic N) is 2. The fourth-order valence-electron chi connectivity index (χ4n) is 2.74. The van der Waals surface area contributed by atoms with E-state index in [1.165, 1.54) is 58.3 Å². The topological polar surface area (TPSA) is 18.5 Å². The van der Waals surface area contributed by atoms with Crippen molar-refractivity contribution in [2.45, 2.75) is 39.0 Å². The van der Waals surface area contributed by atoms with Crippen LogP contribution in [0.3, 0.4) is 0 Å². The van der Waals surface area contributed by atoms with Crippen molar-refractivity contribution >= 4 is 0 Å². The van der Waals surface area contributed by atoms with Crippen LogP contribution in [0.1, 0.15) is 39.0 Å². The quantitative estimate of drug-likeness (QED) is 0.670.